The van der Waals surface area contributed by atoms with Crippen LogP contribution in [0.4, 0.5) is 10.1 Å². The van der Waals surface area contributed by atoms with Crippen LogP contribution in [0.1, 0.15) is 26.5 Å². The SMILES string of the molecule is Cc1ccc(OCc2cc(=O)n3cc(C)sc3n2)c(NC(=O)c2ccc(F)cc2)c1. The molecule has 2 aromatic carbocycles. The standard InChI is InChI=1S/C22H18FN3O3S/c1-13-3-8-19(18(9-13)25-21(28)15-4-6-16(23)7-5-15)29-12-17-10-20(27)26-11-14(2)30-22(26)24-17/h3-11H,12H2,1-2H3,(H,25,28). The molecular weight excluding hydrogens is 405 g/mol. The summed E-state index contributed by atoms with van der Waals surface area (Å²) in [6.45, 7) is 3.88. The number of ether oxygens (including phenoxy) is 1. The Morgan fingerprint density at radius 1 is 1.17 bits per heavy atom. The summed E-state index contributed by atoms with van der Waals surface area (Å²) in [6, 6.07) is 12.1. The first-order valence-corrected chi connectivity index (χ1v) is 10.00. The largest absolute Gasteiger partial charge is 0.485 e. The molecule has 8 heteroatoms. The van der Waals surface area contributed by atoms with E-state index in [2.05, 4.69) is 10.3 Å². The molecule has 2 heterocycles. The Morgan fingerprint density at radius 3 is 2.70 bits per heavy atom. The summed E-state index contributed by atoms with van der Waals surface area (Å²) in [5.41, 5.74) is 2.07. The van der Waals surface area contributed by atoms with E-state index in [0.717, 1.165) is 10.4 Å². The summed E-state index contributed by atoms with van der Waals surface area (Å²) >= 11 is 1.43. The number of anilines is 1. The quantitative estimate of drug-likeness (QED) is 0.518. The molecule has 0 aliphatic heterocycles. The van der Waals surface area contributed by atoms with E-state index < -0.39 is 5.82 Å². The molecule has 4 aromatic rings. The van der Waals surface area contributed by atoms with E-state index in [0.29, 0.717) is 27.7 Å². The number of rotatable bonds is 5. The van der Waals surface area contributed by atoms with Crippen LogP contribution in [0, 0.1) is 19.7 Å². The second kappa shape index (κ2) is 8.08. The zero-order chi connectivity index (χ0) is 21.3. The number of halogens is 1. The molecule has 0 aliphatic rings. The maximum Gasteiger partial charge on any atom is 0.258 e. The molecule has 6 nitrogen and oxygen atoms in total. The molecule has 0 fully saturated rings. The maximum atomic E-state index is 13.1. The minimum Gasteiger partial charge on any atom is -0.485 e. The molecule has 1 N–H and O–H groups in total. The van der Waals surface area contributed by atoms with Gasteiger partial charge >= 0.3 is 0 Å². The summed E-state index contributed by atoms with van der Waals surface area (Å²) in [5.74, 6) is -0.342. The van der Waals surface area contributed by atoms with E-state index in [1.54, 1.807) is 18.3 Å². The van der Waals surface area contributed by atoms with Gasteiger partial charge < -0.3 is 10.1 Å². The van der Waals surface area contributed by atoms with E-state index in [1.807, 2.05) is 19.9 Å². The molecule has 0 saturated carbocycles. The molecule has 2 aromatic heterocycles. The minimum absolute atomic E-state index is 0.0746. The first-order chi connectivity index (χ1) is 14.4. The lowest BCUT2D eigenvalue weighted by Crippen LogP contribution is -2.15. The highest BCUT2D eigenvalue weighted by molar-refractivity contribution is 7.16. The van der Waals surface area contributed by atoms with Crippen LogP contribution in [0.15, 0.2) is 59.5 Å². The van der Waals surface area contributed by atoms with Gasteiger partial charge in [-0.1, -0.05) is 6.07 Å². The van der Waals surface area contributed by atoms with Crippen molar-refractivity contribution in [2.24, 2.45) is 0 Å². The van der Waals surface area contributed by atoms with E-state index in [1.165, 1.54) is 46.1 Å². The molecule has 0 aliphatic carbocycles. The number of thiazole rings is 1. The van der Waals surface area contributed by atoms with E-state index >= 15 is 0 Å². The molecule has 1 amide bonds. The lowest BCUT2D eigenvalue weighted by Gasteiger charge is -2.13. The summed E-state index contributed by atoms with van der Waals surface area (Å²) in [7, 11) is 0. The van der Waals surface area contributed by atoms with Crippen LogP contribution in [-0.4, -0.2) is 15.3 Å². The smallest absolute Gasteiger partial charge is 0.258 e. The average molecular weight is 423 g/mol. The van der Waals surface area contributed by atoms with Crippen molar-refractivity contribution < 1.29 is 13.9 Å². The van der Waals surface area contributed by atoms with Crippen molar-refractivity contribution in [2.75, 3.05) is 5.32 Å². The Kier molecular flexibility index (Phi) is 5.33. The van der Waals surface area contributed by atoms with E-state index in [9.17, 15) is 14.0 Å². The van der Waals surface area contributed by atoms with Crippen molar-refractivity contribution in [3.05, 3.63) is 92.6 Å². The molecule has 0 saturated heterocycles. The predicted octanol–water partition coefficient (Wildman–Crippen LogP) is 4.34. The van der Waals surface area contributed by atoms with Gasteiger partial charge in [0.05, 0.1) is 11.4 Å². The van der Waals surface area contributed by atoms with Crippen LogP contribution in [0.25, 0.3) is 4.96 Å². The number of amides is 1. The molecule has 0 radical (unpaired) electrons. The third-order valence-corrected chi connectivity index (χ3v) is 5.30. The normalized spacial score (nSPS) is 10.9. The van der Waals surface area contributed by atoms with Gasteiger partial charge in [-0.3, -0.25) is 14.0 Å². The topological polar surface area (TPSA) is 72.7 Å². The highest BCUT2D eigenvalue weighted by Gasteiger charge is 2.12. The summed E-state index contributed by atoms with van der Waals surface area (Å²) < 4.78 is 20.5. The molecule has 152 valence electrons. The van der Waals surface area contributed by atoms with Crippen LogP contribution in [0.3, 0.4) is 0 Å². The Bertz CT molecular complexity index is 1300. The van der Waals surface area contributed by atoms with Gasteiger partial charge in [-0.05, 0) is 55.8 Å². The van der Waals surface area contributed by atoms with Crippen LogP contribution in [0.5, 0.6) is 5.75 Å². The maximum absolute atomic E-state index is 13.1. The van der Waals surface area contributed by atoms with Crippen LogP contribution in [-0.2, 0) is 6.61 Å². The number of carbonyl (C=O) groups excluding carboxylic acids is 1. The Balaban J connectivity index is 1.55. The number of hydrogen-bond donors (Lipinski definition) is 1. The van der Waals surface area contributed by atoms with Gasteiger partial charge in [0.25, 0.3) is 11.5 Å². The third kappa shape index (κ3) is 4.23. The average Bonchev–Trinajstić information content (AvgIpc) is 3.09. The first kappa shape index (κ1) is 19.8. The summed E-state index contributed by atoms with van der Waals surface area (Å²) in [6.07, 6.45) is 1.75. The lowest BCUT2D eigenvalue weighted by molar-refractivity contribution is 0.102. The molecule has 0 bridgehead atoms. The zero-order valence-electron chi connectivity index (χ0n) is 16.3. The van der Waals surface area contributed by atoms with Crippen molar-refractivity contribution in [3.8, 4) is 5.75 Å². The highest BCUT2D eigenvalue weighted by atomic mass is 32.1. The monoisotopic (exact) mass is 423 g/mol. The minimum atomic E-state index is -0.410. The lowest BCUT2D eigenvalue weighted by atomic mass is 10.1. The van der Waals surface area contributed by atoms with Crippen molar-refractivity contribution in [2.45, 2.75) is 20.5 Å². The van der Waals surface area contributed by atoms with Crippen LogP contribution < -0.4 is 15.6 Å². The Morgan fingerprint density at radius 2 is 1.93 bits per heavy atom. The van der Waals surface area contributed by atoms with Crippen LogP contribution in [0.2, 0.25) is 0 Å². The summed E-state index contributed by atoms with van der Waals surface area (Å²) in [4.78, 5) is 30.8. The van der Waals surface area contributed by atoms with Crippen molar-refractivity contribution in [1.29, 1.82) is 0 Å². The molecule has 4 rings (SSSR count). The van der Waals surface area contributed by atoms with Gasteiger partial charge in [0.1, 0.15) is 18.2 Å². The fourth-order valence-electron chi connectivity index (χ4n) is 2.95. The fraction of sp³-hybridized carbons (Fsp3) is 0.136. The van der Waals surface area contributed by atoms with Gasteiger partial charge in [-0.15, -0.1) is 11.3 Å². The number of nitrogens with zero attached hydrogens (tertiary/aromatic N) is 2. The van der Waals surface area contributed by atoms with Crippen molar-refractivity contribution in [3.63, 3.8) is 0 Å². The number of aromatic nitrogens is 2. The number of benzene rings is 2. The predicted molar refractivity (Wildman–Crippen MR) is 114 cm³/mol. The third-order valence-electron chi connectivity index (χ3n) is 4.40. The second-order valence-corrected chi connectivity index (χ2v) is 8.04. The molecular formula is C22H18FN3O3S. The van der Waals surface area contributed by atoms with E-state index in [-0.39, 0.29) is 18.1 Å². The van der Waals surface area contributed by atoms with E-state index in [4.69, 9.17) is 4.74 Å². The fourth-order valence-corrected chi connectivity index (χ4v) is 3.80. The second-order valence-electron chi connectivity index (χ2n) is 6.83. The Hall–Kier alpha value is -3.52. The zero-order valence-corrected chi connectivity index (χ0v) is 17.1. The molecule has 0 unspecified atom stereocenters. The number of fused-ring (bicyclic) bond motifs is 1. The van der Waals surface area contributed by atoms with Crippen molar-refractivity contribution >= 4 is 27.9 Å². The van der Waals surface area contributed by atoms with Gasteiger partial charge in [0, 0.05) is 22.7 Å². The molecule has 0 spiro atoms. The molecule has 30 heavy (non-hydrogen) atoms. The van der Waals surface area contributed by atoms with Gasteiger partial charge in [0.15, 0.2) is 4.96 Å². The van der Waals surface area contributed by atoms with Gasteiger partial charge in [-0.25, -0.2) is 9.37 Å². The summed E-state index contributed by atoms with van der Waals surface area (Å²) in [5, 5.41) is 2.80. The van der Waals surface area contributed by atoms with Gasteiger partial charge in [0.2, 0.25) is 0 Å². The van der Waals surface area contributed by atoms with Crippen molar-refractivity contribution in [1.82, 2.24) is 9.38 Å². The van der Waals surface area contributed by atoms with Gasteiger partial charge in [-0.2, -0.15) is 0 Å². The number of carbonyl (C=O) groups is 1. The number of hydrogen-bond acceptors (Lipinski definition) is 5. The number of aryl methyl sites for hydroxylation is 2. The number of nitrogens with one attached hydrogen (secondary N) is 1. The van der Waals surface area contributed by atoms with Crippen LogP contribution >= 0.6 is 11.3 Å². The molecule has 0 atom stereocenters. The Labute approximate surface area is 175 Å². The first-order valence-electron chi connectivity index (χ1n) is 9.18. The highest BCUT2D eigenvalue weighted by Crippen LogP contribution is 2.27.